The molecule has 2 aromatic carbocycles. The zero-order valence-corrected chi connectivity index (χ0v) is 15.6. The normalized spacial score (nSPS) is 12.0. The molecule has 0 saturated carbocycles. The van der Waals surface area contributed by atoms with Crippen LogP contribution in [0.5, 0.6) is 5.75 Å². The van der Waals surface area contributed by atoms with E-state index in [2.05, 4.69) is 10.3 Å². The Morgan fingerprint density at radius 3 is 2.48 bits per heavy atom. The lowest BCUT2D eigenvalue weighted by atomic mass is 10.1. The van der Waals surface area contributed by atoms with Crippen molar-refractivity contribution in [3.8, 4) is 5.75 Å². The highest BCUT2D eigenvalue weighted by Gasteiger charge is 2.06. The van der Waals surface area contributed by atoms with E-state index in [4.69, 9.17) is 22.1 Å². The van der Waals surface area contributed by atoms with E-state index in [9.17, 15) is 8.42 Å². The fourth-order valence-corrected chi connectivity index (χ4v) is 3.03. The van der Waals surface area contributed by atoms with Crippen molar-refractivity contribution in [3.05, 3.63) is 53.1 Å². The quantitative estimate of drug-likeness (QED) is 0.592. The number of anilines is 1. The molecule has 0 aromatic heterocycles. The predicted octanol–water partition coefficient (Wildman–Crippen LogP) is 2.72. The zero-order chi connectivity index (χ0) is 18.4. The summed E-state index contributed by atoms with van der Waals surface area (Å²) < 4.78 is 27.9. The van der Waals surface area contributed by atoms with Crippen molar-refractivity contribution in [2.75, 3.05) is 25.2 Å². The molecular weight excluding hydrogens is 362 g/mol. The molecule has 0 aliphatic rings. The molecule has 3 N–H and O–H groups in total. The first-order valence-corrected chi connectivity index (χ1v) is 9.76. The third kappa shape index (κ3) is 5.65. The van der Waals surface area contributed by atoms with Crippen LogP contribution in [-0.4, -0.2) is 34.3 Å². The van der Waals surface area contributed by atoms with E-state index >= 15 is 0 Å². The summed E-state index contributed by atoms with van der Waals surface area (Å²) >= 11 is 6.05. The molecule has 25 heavy (non-hydrogen) atoms. The first-order valence-electron chi connectivity index (χ1n) is 7.49. The number of benzene rings is 2. The average Bonchev–Trinajstić information content (AvgIpc) is 2.54. The Balaban J connectivity index is 1.92. The first-order chi connectivity index (χ1) is 11.8. The lowest BCUT2D eigenvalue weighted by Gasteiger charge is -2.08. The number of hydrogen-bond acceptors (Lipinski definition) is 4. The molecule has 0 heterocycles. The monoisotopic (exact) mass is 381 g/mol. The minimum atomic E-state index is -3.17. The van der Waals surface area contributed by atoms with Gasteiger partial charge in [0.15, 0.2) is 15.8 Å². The van der Waals surface area contributed by atoms with Crippen molar-refractivity contribution < 1.29 is 13.2 Å². The molecule has 0 amide bonds. The van der Waals surface area contributed by atoms with Crippen LogP contribution >= 0.6 is 11.6 Å². The number of aliphatic imine (C=N–C) groups is 1. The summed E-state index contributed by atoms with van der Waals surface area (Å²) in [6.07, 6.45) is 1.83. The predicted molar refractivity (Wildman–Crippen MR) is 101 cm³/mol. The molecule has 6 nitrogen and oxygen atoms in total. The standard InChI is InChI=1S/C17H20ClN3O3S/c1-24-16-8-5-13(11-15(16)18)21-17(19)20-10-9-12-3-6-14(7-4-12)25(2,22)23/h3-8,11H,9-10H2,1-2H3,(H3,19,20,21). The van der Waals surface area contributed by atoms with Gasteiger partial charge >= 0.3 is 0 Å². The second-order valence-electron chi connectivity index (χ2n) is 5.41. The smallest absolute Gasteiger partial charge is 0.193 e. The zero-order valence-electron chi connectivity index (χ0n) is 14.0. The number of methoxy groups -OCH3 is 1. The fourth-order valence-electron chi connectivity index (χ4n) is 2.14. The Labute approximate surface area is 152 Å². The van der Waals surface area contributed by atoms with Crippen LogP contribution < -0.4 is 15.8 Å². The van der Waals surface area contributed by atoms with Gasteiger partial charge in [-0.3, -0.25) is 4.99 Å². The van der Waals surface area contributed by atoms with E-state index in [1.54, 1.807) is 49.6 Å². The van der Waals surface area contributed by atoms with Gasteiger partial charge in [0.2, 0.25) is 0 Å². The maximum absolute atomic E-state index is 11.4. The van der Waals surface area contributed by atoms with Gasteiger partial charge < -0.3 is 15.8 Å². The van der Waals surface area contributed by atoms with E-state index in [-0.39, 0.29) is 5.96 Å². The summed E-state index contributed by atoms with van der Waals surface area (Å²) in [5.74, 6) is 0.856. The molecule has 2 rings (SSSR count). The number of guanidine groups is 1. The summed E-state index contributed by atoms with van der Waals surface area (Å²) in [4.78, 5) is 4.55. The Morgan fingerprint density at radius 2 is 1.92 bits per heavy atom. The van der Waals surface area contributed by atoms with Crippen molar-refractivity contribution >= 4 is 33.1 Å². The number of ether oxygens (including phenoxy) is 1. The summed E-state index contributed by atoms with van der Waals surface area (Å²) in [5, 5.41) is 3.44. The van der Waals surface area contributed by atoms with Crippen molar-refractivity contribution in [2.24, 2.45) is 10.7 Å². The minimum Gasteiger partial charge on any atom is -0.495 e. The summed E-state index contributed by atoms with van der Waals surface area (Å²) in [7, 11) is -1.63. The Morgan fingerprint density at radius 1 is 1.24 bits per heavy atom. The van der Waals surface area contributed by atoms with Crippen molar-refractivity contribution in [1.29, 1.82) is 0 Å². The molecule has 0 atom stereocenters. The number of hydrogen-bond donors (Lipinski definition) is 2. The number of halogens is 1. The van der Waals surface area contributed by atoms with Gasteiger partial charge in [-0.1, -0.05) is 23.7 Å². The topological polar surface area (TPSA) is 93.8 Å². The molecule has 0 aliphatic heterocycles. The maximum atomic E-state index is 11.4. The van der Waals surface area contributed by atoms with Crippen LogP contribution in [0.15, 0.2) is 52.4 Å². The lowest BCUT2D eigenvalue weighted by molar-refractivity contribution is 0.415. The summed E-state index contributed by atoms with van der Waals surface area (Å²) in [6, 6.07) is 12.0. The van der Waals surface area contributed by atoms with Crippen molar-refractivity contribution in [2.45, 2.75) is 11.3 Å². The van der Waals surface area contributed by atoms with Gasteiger partial charge in [0, 0.05) is 18.5 Å². The van der Waals surface area contributed by atoms with Gasteiger partial charge in [-0.15, -0.1) is 0 Å². The highest BCUT2D eigenvalue weighted by molar-refractivity contribution is 7.90. The van der Waals surface area contributed by atoms with Crippen LogP contribution in [0.4, 0.5) is 5.69 Å². The Hall–Kier alpha value is -2.25. The van der Waals surface area contributed by atoms with E-state index in [1.807, 2.05) is 0 Å². The summed E-state index contributed by atoms with van der Waals surface area (Å²) in [5.41, 5.74) is 7.55. The molecule has 0 fully saturated rings. The second kappa shape index (κ2) is 8.22. The molecule has 0 saturated heterocycles. The molecular formula is C17H20ClN3O3S. The van der Waals surface area contributed by atoms with Gasteiger partial charge in [-0.25, -0.2) is 8.42 Å². The molecule has 0 unspecified atom stereocenters. The van der Waals surface area contributed by atoms with Crippen molar-refractivity contribution in [3.63, 3.8) is 0 Å². The number of nitrogens with zero attached hydrogens (tertiary/aromatic N) is 1. The number of sulfone groups is 1. The number of rotatable bonds is 6. The van der Waals surface area contributed by atoms with Crippen LogP contribution in [0.2, 0.25) is 5.02 Å². The van der Waals surface area contributed by atoms with E-state index in [0.29, 0.717) is 34.3 Å². The van der Waals surface area contributed by atoms with Crippen LogP contribution in [0.1, 0.15) is 5.56 Å². The van der Waals surface area contributed by atoms with Gasteiger partial charge in [0.05, 0.1) is 17.0 Å². The Kier molecular flexibility index (Phi) is 6.27. The lowest BCUT2D eigenvalue weighted by Crippen LogP contribution is -2.23. The van der Waals surface area contributed by atoms with E-state index < -0.39 is 9.84 Å². The van der Waals surface area contributed by atoms with Crippen LogP contribution in [0.3, 0.4) is 0 Å². The third-order valence-electron chi connectivity index (χ3n) is 3.46. The number of nitrogens with one attached hydrogen (secondary N) is 1. The fraction of sp³-hybridized carbons (Fsp3) is 0.235. The van der Waals surface area contributed by atoms with E-state index in [1.165, 1.54) is 6.26 Å². The molecule has 134 valence electrons. The molecule has 0 spiro atoms. The largest absolute Gasteiger partial charge is 0.495 e. The SMILES string of the molecule is COc1ccc(NC(N)=NCCc2ccc(S(C)(=O)=O)cc2)cc1Cl. The van der Waals surface area contributed by atoms with Crippen LogP contribution in [0.25, 0.3) is 0 Å². The van der Waals surface area contributed by atoms with Crippen LogP contribution in [0, 0.1) is 0 Å². The van der Waals surface area contributed by atoms with E-state index in [0.717, 1.165) is 5.56 Å². The van der Waals surface area contributed by atoms with Gasteiger partial charge in [0.25, 0.3) is 0 Å². The first kappa shape index (κ1) is 19.1. The van der Waals surface area contributed by atoms with Crippen LogP contribution in [-0.2, 0) is 16.3 Å². The highest BCUT2D eigenvalue weighted by atomic mass is 35.5. The highest BCUT2D eigenvalue weighted by Crippen LogP contribution is 2.27. The van der Waals surface area contributed by atoms with Gasteiger partial charge in [-0.05, 0) is 42.3 Å². The Bertz CT molecular complexity index is 865. The second-order valence-corrected chi connectivity index (χ2v) is 7.83. The molecule has 0 aliphatic carbocycles. The van der Waals surface area contributed by atoms with Gasteiger partial charge in [0.1, 0.15) is 5.75 Å². The van der Waals surface area contributed by atoms with Gasteiger partial charge in [-0.2, -0.15) is 0 Å². The van der Waals surface area contributed by atoms with Crippen molar-refractivity contribution in [1.82, 2.24) is 0 Å². The molecule has 8 heteroatoms. The average molecular weight is 382 g/mol. The molecule has 0 bridgehead atoms. The molecule has 2 aromatic rings. The molecule has 0 radical (unpaired) electrons. The third-order valence-corrected chi connectivity index (χ3v) is 4.88. The minimum absolute atomic E-state index is 0.272. The summed E-state index contributed by atoms with van der Waals surface area (Å²) in [6.45, 7) is 0.473. The maximum Gasteiger partial charge on any atom is 0.193 e. The number of nitrogens with two attached hydrogens (primary N) is 1.